The van der Waals surface area contributed by atoms with E-state index in [0.29, 0.717) is 6.54 Å². The minimum atomic E-state index is -1.43. The van der Waals surface area contributed by atoms with Gasteiger partial charge in [-0.15, -0.1) is 0 Å². The van der Waals surface area contributed by atoms with Crippen LogP contribution in [-0.2, 0) is 9.59 Å². The molecule has 1 amide bonds. The number of hydrogen-bond acceptors (Lipinski definition) is 3. The molecule has 0 aromatic carbocycles. The van der Waals surface area contributed by atoms with Crippen molar-refractivity contribution in [3.63, 3.8) is 0 Å². The van der Waals surface area contributed by atoms with Crippen molar-refractivity contribution < 1.29 is 14.7 Å². The number of amides is 1. The van der Waals surface area contributed by atoms with Gasteiger partial charge in [0.25, 0.3) is 0 Å². The van der Waals surface area contributed by atoms with Crippen LogP contribution >= 0.6 is 11.8 Å². The minimum absolute atomic E-state index is 0.409. The van der Waals surface area contributed by atoms with Crippen LogP contribution in [0.5, 0.6) is 0 Å². The molecule has 58 valence electrons. The maximum absolute atomic E-state index is 10.3. The number of carbonyl (C=O) groups excluding carboxylic acids is 1. The third kappa shape index (κ3) is 4.20. The standard InChI is InChI=1S/C5H9NO3S/c1-10-3-2-6-4(7)5(8)9/h2-3H2,1H3,(H,6,7)(H,8,9). The van der Waals surface area contributed by atoms with Gasteiger partial charge in [-0.05, 0) is 6.26 Å². The summed E-state index contributed by atoms with van der Waals surface area (Å²) in [5.74, 6) is -1.63. The molecular formula is C5H9NO3S. The lowest BCUT2D eigenvalue weighted by Crippen LogP contribution is -2.32. The zero-order valence-corrected chi connectivity index (χ0v) is 6.40. The average molecular weight is 163 g/mol. The average Bonchev–Trinajstić information content (AvgIpc) is 1.88. The molecule has 0 aliphatic rings. The van der Waals surface area contributed by atoms with Crippen molar-refractivity contribution in [3.8, 4) is 0 Å². The molecule has 4 nitrogen and oxygen atoms in total. The number of rotatable bonds is 3. The van der Waals surface area contributed by atoms with E-state index in [1.165, 1.54) is 0 Å². The molecule has 0 aliphatic carbocycles. The van der Waals surface area contributed by atoms with E-state index in [9.17, 15) is 9.59 Å². The van der Waals surface area contributed by atoms with E-state index in [2.05, 4.69) is 5.32 Å². The monoisotopic (exact) mass is 163 g/mol. The first-order chi connectivity index (χ1) is 4.68. The number of nitrogens with one attached hydrogen (secondary N) is 1. The van der Waals surface area contributed by atoms with E-state index in [1.807, 2.05) is 6.26 Å². The molecule has 5 heteroatoms. The summed E-state index contributed by atoms with van der Waals surface area (Å²) < 4.78 is 0. The van der Waals surface area contributed by atoms with Crippen LogP contribution in [-0.4, -0.2) is 35.5 Å². The molecule has 0 rings (SSSR count). The number of thioether (sulfide) groups is 1. The van der Waals surface area contributed by atoms with Crippen LogP contribution in [0, 0.1) is 0 Å². The molecule has 0 atom stereocenters. The third-order valence-corrected chi connectivity index (χ3v) is 1.40. The van der Waals surface area contributed by atoms with Crippen LogP contribution in [0.2, 0.25) is 0 Å². The van der Waals surface area contributed by atoms with E-state index >= 15 is 0 Å². The zero-order valence-electron chi connectivity index (χ0n) is 5.59. The molecule has 0 radical (unpaired) electrons. The Labute approximate surface area is 63.0 Å². The highest BCUT2D eigenvalue weighted by Gasteiger charge is 2.08. The Hall–Kier alpha value is -0.710. The van der Waals surface area contributed by atoms with Crippen molar-refractivity contribution in [2.45, 2.75) is 0 Å². The molecule has 0 fully saturated rings. The van der Waals surface area contributed by atoms with Gasteiger partial charge in [-0.25, -0.2) is 4.79 Å². The Morgan fingerprint density at radius 2 is 2.20 bits per heavy atom. The lowest BCUT2D eigenvalue weighted by Gasteiger charge is -1.97. The lowest BCUT2D eigenvalue weighted by molar-refractivity contribution is -0.150. The summed E-state index contributed by atoms with van der Waals surface area (Å²) in [7, 11) is 0. The smallest absolute Gasteiger partial charge is 0.394 e. The number of carboxylic acids is 1. The summed E-state index contributed by atoms with van der Waals surface area (Å²) in [4.78, 5) is 20.2. The van der Waals surface area contributed by atoms with Gasteiger partial charge in [0, 0.05) is 12.3 Å². The predicted molar refractivity (Wildman–Crippen MR) is 39.0 cm³/mol. The molecule has 0 spiro atoms. The second-order valence-corrected chi connectivity index (χ2v) is 2.54. The van der Waals surface area contributed by atoms with Gasteiger partial charge in [0.1, 0.15) is 0 Å². The maximum atomic E-state index is 10.3. The summed E-state index contributed by atoms with van der Waals surface area (Å²) in [6.45, 7) is 0.409. The second kappa shape index (κ2) is 5.10. The Balaban J connectivity index is 3.31. The van der Waals surface area contributed by atoms with Crippen LogP contribution in [0.25, 0.3) is 0 Å². The predicted octanol–water partition coefficient (Wildman–Crippen LogP) is -0.450. The van der Waals surface area contributed by atoms with Crippen molar-refractivity contribution in [3.05, 3.63) is 0 Å². The first-order valence-corrected chi connectivity index (χ1v) is 4.08. The third-order valence-electron chi connectivity index (χ3n) is 0.786. The van der Waals surface area contributed by atoms with Gasteiger partial charge in [-0.3, -0.25) is 4.79 Å². The maximum Gasteiger partial charge on any atom is 0.394 e. The SMILES string of the molecule is CSCCNC(=O)C(=O)O. The van der Waals surface area contributed by atoms with E-state index in [0.717, 1.165) is 5.75 Å². The largest absolute Gasteiger partial charge is 0.474 e. The van der Waals surface area contributed by atoms with Crippen LogP contribution in [0.3, 0.4) is 0 Å². The second-order valence-electron chi connectivity index (χ2n) is 1.55. The van der Waals surface area contributed by atoms with E-state index in [-0.39, 0.29) is 0 Å². The molecule has 0 heterocycles. The normalized spacial score (nSPS) is 8.90. The van der Waals surface area contributed by atoms with Gasteiger partial charge >= 0.3 is 11.9 Å². The summed E-state index contributed by atoms with van der Waals surface area (Å²) in [6.07, 6.45) is 1.88. The lowest BCUT2D eigenvalue weighted by atomic mass is 10.6. The molecular weight excluding hydrogens is 154 g/mol. The molecule has 0 aromatic rings. The fourth-order valence-electron chi connectivity index (χ4n) is 0.342. The number of carboxylic acid groups (broad SMARTS) is 1. The Bertz CT molecular complexity index is 137. The Morgan fingerprint density at radius 3 is 2.60 bits per heavy atom. The molecule has 0 bridgehead atoms. The highest BCUT2D eigenvalue weighted by molar-refractivity contribution is 7.98. The van der Waals surface area contributed by atoms with Crippen LogP contribution < -0.4 is 5.32 Å². The van der Waals surface area contributed by atoms with Crippen molar-refractivity contribution in [1.82, 2.24) is 5.32 Å². The van der Waals surface area contributed by atoms with Gasteiger partial charge < -0.3 is 10.4 Å². The first kappa shape index (κ1) is 9.29. The number of aliphatic carboxylic acids is 1. The van der Waals surface area contributed by atoms with Crippen LogP contribution in [0.4, 0.5) is 0 Å². The number of hydrogen-bond donors (Lipinski definition) is 2. The van der Waals surface area contributed by atoms with Gasteiger partial charge in [-0.1, -0.05) is 0 Å². The minimum Gasteiger partial charge on any atom is -0.474 e. The Morgan fingerprint density at radius 1 is 1.60 bits per heavy atom. The first-order valence-electron chi connectivity index (χ1n) is 2.68. The zero-order chi connectivity index (χ0) is 7.98. The Kier molecular flexibility index (Phi) is 4.74. The summed E-state index contributed by atoms with van der Waals surface area (Å²) >= 11 is 1.55. The summed E-state index contributed by atoms with van der Waals surface area (Å²) in [5, 5.41) is 10.3. The van der Waals surface area contributed by atoms with Gasteiger partial charge in [0.05, 0.1) is 0 Å². The molecule has 0 saturated heterocycles. The van der Waals surface area contributed by atoms with Gasteiger partial charge in [-0.2, -0.15) is 11.8 Å². The van der Waals surface area contributed by atoms with Crippen LogP contribution in [0.1, 0.15) is 0 Å². The number of carbonyl (C=O) groups is 2. The van der Waals surface area contributed by atoms with Gasteiger partial charge in [0.2, 0.25) is 0 Å². The van der Waals surface area contributed by atoms with Gasteiger partial charge in [0.15, 0.2) is 0 Å². The quantitative estimate of drug-likeness (QED) is 0.437. The topological polar surface area (TPSA) is 66.4 Å². The highest BCUT2D eigenvalue weighted by atomic mass is 32.2. The van der Waals surface area contributed by atoms with E-state index < -0.39 is 11.9 Å². The summed E-state index contributed by atoms with van der Waals surface area (Å²) in [5.41, 5.74) is 0. The van der Waals surface area contributed by atoms with Crippen LogP contribution in [0.15, 0.2) is 0 Å². The molecule has 2 N–H and O–H groups in total. The molecule has 10 heavy (non-hydrogen) atoms. The van der Waals surface area contributed by atoms with Crippen molar-refractivity contribution in [1.29, 1.82) is 0 Å². The molecule has 0 unspecified atom stereocenters. The molecule has 0 saturated carbocycles. The molecule has 0 aromatic heterocycles. The molecule has 0 aliphatic heterocycles. The van der Waals surface area contributed by atoms with Crippen molar-refractivity contribution in [2.24, 2.45) is 0 Å². The van der Waals surface area contributed by atoms with Crippen molar-refractivity contribution in [2.75, 3.05) is 18.6 Å². The highest BCUT2D eigenvalue weighted by Crippen LogP contribution is 1.86. The summed E-state index contributed by atoms with van der Waals surface area (Å²) in [6, 6.07) is 0. The van der Waals surface area contributed by atoms with E-state index in [4.69, 9.17) is 5.11 Å². The van der Waals surface area contributed by atoms with Crippen molar-refractivity contribution >= 4 is 23.6 Å². The van der Waals surface area contributed by atoms with E-state index in [1.54, 1.807) is 11.8 Å². The fourth-order valence-corrected chi connectivity index (χ4v) is 0.648. The fraction of sp³-hybridized carbons (Fsp3) is 0.600.